The molecule has 0 radical (unpaired) electrons. The topological polar surface area (TPSA) is 30.7 Å². The predicted octanol–water partition coefficient (Wildman–Crippen LogP) is 13.4. The Labute approximate surface area is 307 Å². The Balaban J connectivity index is 1.17. The second-order valence-electron chi connectivity index (χ2n) is 14.6. The first kappa shape index (κ1) is 28.8. The highest BCUT2D eigenvalue weighted by molar-refractivity contribution is 7.26. The van der Waals surface area contributed by atoms with Crippen molar-refractivity contribution >= 4 is 95.7 Å². The summed E-state index contributed by atoms with van der Waals surface area (Å²) in [5, 5.41) is 8.74. The van der Waals surface area contributed by atoms with Crippen LogP contribution in [0.25, 0.3) is 101 Å². The van der Waals surface area contributed by atoms with Crippen LogP contribution < -0.4 is 0 Å². The van der Waals surface area contributed by atoms with Gasteiger partial charge in [-0.15, -0.1) is 22.7 Å². The van der Waals surface area contributed by atoms with Gasteiger partial charge in [0.25, 0.3) is 0 Å². The van der Waals surface area contributed by atoms with Gasteiger partial charge in [-0.05, 0) is 75.5 Å². The summed E-state index contributed by atoms with van der Waals surface area (Å²) in [6, 6.07) is 51.3. The van der Waals surface area contributed by atoms with Crippen LogP contribution in [-0.2, 0) is 5.41 Å². The Morgan fingerprint density at radius 1 is 0.519 bits per heavy atom. The molecular formula is C47H29N3S2. The van der Waals surface area contributed by atoms with Crippen molar-refractivity contribution in [3.8, 4) is 28.3 Å². The van der Waals surface area contributed by atoms with E-state index in [0.29, 0.717) is 5.95 Å². The minimum Gasteiger partial charge on any atom is -0.278 e. The lowest BCUT2D eigenvalue weighted by Crippen LogP contribution is -2.15. The molecule has 0 atom stereocenters. The van der Waals surface area contributed by atoms with E-state index in [2.05, 4.69) is 158 Å². The lowest BCUT2D eigenvalue weighted by atomic mass is 9.82. The van der Waals surface area contributed by atoms with E-state index in [-0.39, 0.29) is 5.41 Å². The summed E-state index contributed by atoms with van der Waals surface area (Å²) < 4.78 is 7.28. The molecular weight excluding hydrogens is 671 g/mol. The van der Waals surface area contributed by atoms with Crippen molar-refractivity contribution in [2.45, 2.75) is 19.3 Å². The number of benzene rings is 7. The molecule has 4 heterocycles. The minimum atomic E-state index is -0.107. The number of hydrogen-bond acceptors (Lipinski definition) is 4. The van der Waals surface area contributed by atoms with Gasteiger partial charge in [-0.1, -0.05) is 111 Å². The van der Waals surface area contributed by atoms with Crippen LogP contribution in [-0.4, -0.2) is 14.5 Å². The molecule has 3 nitrogen and oxygen atoms in total. The third kappa shape index (κ3) is 3.74. The second kappa shape index (κ2) is 10.1. The highest BCUT2D eigenvalue weighted by Gasteiger charge is 2.35. The van der Waals surface area contributed by atoms with Gasteiger partial charge in [-0.25, -0.2) is 9.97 Å². The standard InChI is InChI=1S/C47H29N3S2/c1-47(2)35-15-7-3-11-28(35)29-21-19-27(23-36(29)47)43-45-44(32-14-6-10-18-40(32)52-45)49-46(48-43)50-37-16-8-4-12-30(37)34-25-33-26(24-38(34)50)20-22-41-42(33)31-13-5-9-17-39(31)51-41/h3-25H,1-2H3. The first-order valence-corrected chi connectivity index (χ1v) is 19.4. The van der Waals surface area contributed by atoms with Gasteiger partial charge in [0.05, 0.1) is 26.9 Å². The summed E-state index contributed by atoms with van der Waals surface area (Å²) in [6.07, 6.45) is 0. The van der Waals surface area contributed by atoms with Gasteiger partial charge < -0.3 is 0 Å². The van der Waals surface area contributed by atoms with Crippen LogP contribution in [0, 0.1) is 0 Å². The molecule has 0 saturated carbocycles. The number of hydrogen-bond donors (Lipinski definition) is 0. The van der Waals surface area contributed by atoms with Crippen LogP contribution in [0.3, 0.4) is 0 Å². The molecule has 5 heteroatoms. The molecule has 0 fully saturated rings. The number of rotatable bonds is 2. The molecule has 0 saturated heterocycles. The van der Waals surface area contributed by atoms with E-state index < -0.39 is 0 Å². The van der Waals surface area contributed by atoms with Gasteiger partial charge in [0.1, 0.15) is 0 Å². The van der Waals surface area contributed by atoms with E-state index in [1.54, 1.807) is 11.3 Å². The summed E-state index contributed by atoms with van der Waals surface area (Å²) in [4.78, 5) is 11.0. The van der Waals surface area contributed by atoms with E-state index in [1.807, 2.05) is 11.3 Å². The van der Waals surface area contributed by atoms with Gasteiger partial charge in [0.2, 0.25) is 5.95 Å². The van der Waals surface area contributed by atoms with Crippen LogP contribution in [0.15, 0.2) is 140 Å². The molecule has 0 bridgehead atoms. The molecule has 244 valence electrons. The van der Waals surface area contributed by atoms with Crippen LogP contribution in [0.1, 0.15) is 25.0 Å². The van der Waals surface area contributed by atoms with E-state index in [4.69, 9.17) is 9.97 Å². The van der Waals surface area contributed by atoms with Gasteiger partial charge in [-0.2, -0.15) is 0 Å². The number of aromatic nitrogens is 3. The van der Waals surface area contributed by atoms with Crippen LogP contribution in [0.2, 0.25) is 0 Å². The maximum Gasteiger partial charge on any atom is 0.235 e. The van der Waals surface area contributed by atoms with Crippen molar-refractivity contribution in [2.24, 2.45) is 0 Å². The van der Waals surface area contributed by atoms with E-state index in [9.17, 15) is 0 Å². The molecule has 11 aromatic rings. The quantitative estimate of drug-likeness (QED) is 0.180. The summed E-state index contributed by atoms with van der Waals surface area (Å²) in [5.41, 5.74) is 10.6. The van der Waals surface area contributed by atoms with Crippen molar-refractivity contribution in [3.63, 3.8) is 0 Å². The molecule has 0 amide bonds. The van der Waals surface area contributed by atoms with E-state index in [0.717, 1.165) is 32.5 Å². The normalized spacial score (nSPS) is 13.7. The molecule has 4 aromatic heterocycles. The molecule has 7 aromatic carbocycles. The summed E-state index contributed by atoms with van der Waals surface area (Å²) in [5.74, 6) is 0.696. The predicted molar refractivity (Wildman–Crippen MR) is 223 cm³/mol. The van der Waals surface area contributed by atoms with Crippen LogP contribution >= 0.6 is 22.7 Å². The molecule has 0 spiro atoms. The molecule has 0 unspecified atom stereocenters. The Bertz CT molecular complexity index is 3340. The molecule has 1 aliphatic rings. The fourth-order valence-electron chi connectivity index (χ4n) is 8.95. The van der Waals surface area contributed by atoms with E-state index >= 15 is 0 Å². The minimum absolute atomic E-state index is 0.107. The highest BCUT2D eigenvalue weighted by Crippen LogP contribution is 2.50. The second-order valence-corrected chi connectivity index (χ2v) is 16.7. The fraction of sp³-hybridized carbons (Fsp3) is 0.0638. The number of fused-ring (bicyclic) bond motifs is 14. The maximum atomic E-state index is 5.56. The number of para-hydroxylation sites is 1. The number of thiophene rings is 2. The first-order valence-electron chi connectivity index (χ1n) is 17.7. The lowest BCUT2D eigenvalue weighted by Gasteiger charge is -2.22. The molecule has 52 heavy (non-hydrogen) atoms. The summed E-state index contributed by atoms with van der Waals surface area (Å²) in [7, 11) is 0. The van der Waals surface area contributed by atoms with Crippen LogP contribution in [0.5, 0.6) is 0 Å². The zero-order valence-electron chi connectivity index (χ0n) is 28.4. The Kier molecular flexibility index (Phi) is 5.61. The Morgan fingerprint density at radius 3 is 2.13 bits per heavy atom. The van der Waals surface area contributed by atoms with Crippen molar-refractivity contribution in [3.05, 3.63) is 151 Å². The molecule has 1 aliphatic carbocycles. The molecule has 0 aliphatic heterocycles. The highest BCUT2D eigenvalue weighted by atomic mass is 32.1. The largest absolute Gasteiger partial charge is 0.278 e. The molecule has 12 rings (SSSR count). The maximum absolute atomic E-state index is 5.56. The van der Waals surface area contributed by atoms with Gasteiger partial charge >= 0.3 is 0 Å². The smallest absolute Gasteiger partial charge is 0.235 e. The SMILES string of the molecule is CC1(C)c2ccccc2-c2ccc(-c3nc(-n4c5ccccc5c5cc6c(ccc7sc8ccccc8c76)cc54)nc4c3sc3ccccc34)cc21. The fourth-order valence-corrected chi connectivity index (χ4v) is 11.2. The zero-order chi connectivity index (χ0) is 34.3. The Morgan fingerprint density at radius 2 is 1.25 bits per heavy atom. The third-order valence-corrected chi connectivity index (χ3v) is 13.7. The number of nitrogens with zero attached hydrogens (tertiary/aromatic N) is 3. The van der Waals surface area contributed by atoms with Crippen LogP contribution in [0.4, 0.5) is 0 Å². The van der Waals surface area contributed by atoms with Crippen molar-refractivity contribution < 1.29 is 0 Å². The first-order chi connectivity index (χ1) is 25.5. The third-order valence-electron chi connectivity index (χ3n) is 11.4. The average Bonchev–Trinajstić information content (AvgIpc) is 3.90. The van der Waals surface area contributed by atoms with Gasteiger partial charge in [0.15, 0.2) is 0 Å². The summed E-state index contributed by atoms with van der Waals surface area (Å²) in [6.45, 7) is 4.69. The van der Waals surface area contributed by atoms with Crippen molar-refractivity contribution in [1.82, 2.24) is 14.5 Å². The summed E-state index contributed by atoms with van der Waals surface area (Å²) >= 11 is 3.66. The van der Waals surface area contributed by atoms with Crippen molar-refractivity contribution in [2.75, 3.05) is 0 Å². The zero-order valence-corrected chi connectivity index (χ0v) is 30.1. The Hall–Kier alpha value is -5.88. The monoisotopic (exact) mass is 699 g/mol. The van der Waals surface area contributed by atoms with Gasteiger partial charge in [0, 0.05) is 52.0 Å². The average molecular weight is 700 g/mol. The van der Waals surface area contributed by atoms with Gasteiger partial charge in [-0.3, -0.25) is 4.57 Å². The van der Waals surface area contributed by atoms with Crippen molar-refractivity contribution in [1.29, 1.82) is 0 Å². The molecule has 0 N–H and O–H groups in total. The lowest BCUT2D eigenvalue weighted by molar-refractivity contribution is 0.660. The van der Waals surface area contributed by atoms with E-state index in [1.165, 1.54) is 74.1 Å².